The molecule has 2 fully saturated rings. The summed E-state index contributed by atoms with van der Waals surface area (Å²) in [5.74, 6) is 0.604. The van der Waals surface area contributed by atoms with Crippen molar-refractivity contribution in [2.75, 3.05) is 19.6 Å². The predicted octanol–water partition coefficient (Wildman–Crippen LogP) is 3.13. The van der Waals surface area contributed by atoms with Crippen LogP contribution in [0.2, 0.25) is 0 Å². The number of nitrogens with one attached hydrogen (secondary N) is 1. The van der Waals surface area contributed by atoms with Crippen molar-refractivity contribution >= 4 is 11.3 Å². The van der Waals surface area contributed by atoms with E-state index in [9.17, 15) is 13.2 Å². The zero-order chi connectivity index (χ0) is 15.0. The molecule has 21 heavy (non-hydrogen) atoms. The van der Waals surface area contributed by atoms with Gasteiger partial charge in [-0.1, -0.05) is 0 Å². The fraction of sp³-hybridized carbons (Fsp3) is 0.786. The van der Waals surface area contributed by atoms with Crippen molar-refractivity contribution in [1.82, 2.24) is 15.2 Å². The molecule has 1 saturated heterocycles. The van der Waals surface area contributed by atoms with Crippen LogP contribution in [0.1, 0.15) is 35.2 Å². The van der Waals surface area contributed by atoms with Crippen molar-refractivity contribution in [3.05, 3.63) is 16.1 Å². The van der Waals surface area contributed by atoms with Gasteiger partial charge < -0.3 is 5.32 Å². The molecular formula is C14H20F3N3S. The molecule has 3 nitrogen and oxygen atoms in total. The molecule has 1 N–H and O–H groups in total. The molecule has 0 spiro atoms. The minimum absolute atomic E-state index is 0.141. The second-order valence-electron chi connectivity index (χ2n) is 6.13. The highest BCUT2D eigenvalue weighted by Gasteiger charge is 2.38. The topological polar surface area (TPSA) is 28.2 Å². The molecule has 0 bridgehead atoms. The van der Waals surface area contributed by atoms with Crippen LogP contribution in [0, 0.1) is 12.8 Å². The normalized spacial score (nSPS) is 25.4. The first-order valence-electron chi connectivity index (χ1n) is 7.38. The average molecular weight is 319 g/mol. The molecule has 0 amide bonds. The van der Waals surface area contributed by atoms with Gasteiger partial charge in [0.2, 0.25) is 0 Å². The van der Waals surface area contributed by atoms with Gasteiger partial charge >= 0.3 is 6.18 Å². The maximum Gasteiger partial charge on any atom is 0.401 e. The number of aromatic nitrogens is 1. The van der Waals surface area contributed by atoms with Crippen molar-refractivity contribution < 1.29 is 13.2 Å². The lowest BCUT2D eigenvalue weighted by molar-refractivity contribution is -0.143. The van der Waals surface area contributed by atoms with Crippen LogP contribution in [-0.2, 0) is 0 Å². The predicted molar refractivity (Wildman–Crippen MR) is 76.4 cm³/mol. The van der Waals surface area contributed by atoms with Crippen molar-refractivity contribution in [2.45, 2.75) is 44.4 Å². The van der Waals surface area contributed by atoms with Crippen LogP contribution >= 0.6 is 11.3 Å². The summed E-state index contributed by atoms with van der Waals surface area (Å²) in [5.41, 5.74) is 0. The Morgan fingerprint density at radius 3 is 2.76 bits per heavy atom. The standard InChI is InChI=1S/C14H20F3N3S/c1-9-6-18-13(21-9)12(10-2-3-10)19-11-4-5-20(7-11)8-14(15,16)17/h6,10-12,19H,2-5,7-8H2,1H3. The van der Waals surface area contributed by atoms with Crippen LogP contribution in [0.15, 0.2) is 6.20 Å². The van der Waals surface area contributed by atoms with Gasteiger partial charge in [-0.15, -0.1) is 11.3 Å². The van der Waals surface area contributed by atoms with E-state index in [-0.39, 0.29) is 12.1 Å². The quantitative estimate of drug-likeness (QED) is 0.904. The molecule has 1 aliphatic heterocycles. The smallest absolute Gasteiger partial charge is 0.304 e. The molecule has 7 heteroatoms. The Bertz CT molecular complexity index is 484. The van der Waals surface area contributed by atoms with Crippen LogP contribution in [-0.4, -0.2) is 41.7 Å². The van der Waals surface area contributed by atoms with Gasteiger partial charge in [0.15, 0.2) is 0 Å². The number of rotatable bonds is 5. The van der Waals surface area contributed by atoms with E-state index in [1.54, 1.807) is 11.3 Å². The first-order chi connectivity index (χ1) is 9.90. The van der Waals surface area contributed by atoms with E-state index in [2.05, 4.69) is 10.3 Å². The molecular weight excluding hydrogens is 299 g/mol. The average Bonchev–Trinajstić information content (AvgIpc) is 2.99. The van der Waals surface area contributed by atoms with Crippen LogP contribution in [0.3, 0.4) is 0 Å². The van der Waals surface area contributed by atoms with Crippen molar-refractivity contribution in [2.24, 2.45) is 5.92 Å². The summed E-state index contributed by atoms with van der Waals surface area (Å²) in [5, 5.41) is 4.65. The summed E-state index contributed by atoms with van der Waals surface area (Å²) in [6.07, 6.45) is 0.938. The molecule has 1 aliphatic carbocycles. The van der Waals surface area contributed by atoms with E-state index in [1.165, 1.54) is 22.6 Å². The summed E-state index contributed by atoms with van der Waals surface area (Å²) in [6.45, 7) is 2.24. The molecule has 0 radical (unpaired) electrons. The van der Waals surface area contributed by atoms with Gasteiger partial charge in [0.25, 0.3) is 0 Å². The molecule has 2 atom stereocenters. The molecule has 118 valence electrons. The zero-order valence-electron chi connectivity index (χ0n) is 12.0. The molecule has 3 rings (SSSR count). The van der Waals surface area contributed by atoms with Gasteiger partial charge in [-0.05, 0) is 32.1 Å². The van der Waals surface area contributed by atoms with Crippen LogP contribution in [0.4, 0.5) is 13.2 Å². The Labute approximate surface area is 126 Å². The van der Waals surface area contributed by atoms with Gasteiger partial charge in [-0.2, -0.15) is 13.2 Å². The maximum atomic E-state index is 12.4. The van der Waals surface area contributed by atoms with Crippen molar-refractivity contribution in [3.63, 3.8) is 0 Å². The van der Waals surface area contributed by atoms with Crippen molar-refractivity contribution in [1.29, 1.82) is 0 Å². The molecule has 1 aromatic heterocycles. The number of likely N-dealkylation sites (tertiary alicyclic amines) is 1. The molecule has 2 heterocycles. The van der Waals surface area contributed by atoms with Gasteiger partial charge in [0.1, 0.15) is 5.01 Å². The van der Waals surface area contributed by atoms with Crippen LogP contribution in [0.5, 0.6) is 0 Å². The third-order valence-corrected chi connectivity index (χ3v) is 5.09. The Kier molecular flexibility index (Phi) is 4.25. The fourth-order valence-electron chi connectivity index (χ4n) is 2.97. The van der Waals surface area contributed by atoms with Gasteiger partial charge in [-0.3, -0.25) is 4.90 Å². The van der Waals surface area contributed by atoms with E-state index in [0.717, 1.165) is 11.4 Å². The van der Waals surface area contributed by atoms with Gasteiger partial charge in [0.05, 0.1) is 12.6 Å². The van der Waals surface area contributed by atoms with Gasteiger partial charge in [-0.25, -0.2) is 4.98 Å². The molecule has 2 unspecified atom stereocenters. The van der Waals surface area contributed by atoms with Crippen LogP contribution in [0.25, 0.3) is 0 Å². The lowest BCUT2D eigenvalue weighted by atomic mass is 10.1. The second kappa shape index (κ2) is 5.85. The van der Waals surface area contributed by atoms with Crippen LogP contribution < -0.4 is 5.32 Å². The van der Waals surface area contributed by atoms with E-state index in [0.29, 0.717) is 19.0 Å². The van der Waals surface area contributed by atoms with E-state index in [4.69, 9.17) is 0 Å². The minimum atomic E-state index is -4.10. The Balaban J connectivity index is 1.58. The first-order valence-corrected chi connectivity index (χ1v) is 8.20. The Morgan fingerprint density at radius 2 is 2.19 bits per heavy atom. The number of hydrogen-bond donors (Lipinski definition) is 1. The summed E-state index contributed by atoms with van der Waals surface area (Å²) < 4.78 is 37.3. The number of aryl methyl sites for hydroxylation is 1. The summed E-state index contributed by atoms with van der Waals surface area (Å²) in [7, 11) is 0. The minimum Gasteiger partial charge on any atom is -0.304 e. The summed E-state index contributed by atoms with van der Waals surface area (Å²) in [6, 6.07) is 0.363. The van der Waals surface area contributed by atoms with E-state index in [1.807, 2.05) is 13.1 Å². The second-order valence-corrected chi connectivity index (χ2v) is 7.39. The highest BCUT2D eigenvalue weighted by Crippen LogP contribution is 2.42. The fourth-order valence-corrected chi connectivity index (χ4v) is 3.90. The highest BCUT2D eigenvalue weighted by molar-refractivity contribution is 7.11. The number of hydrogen-bond acceptors (Lipinski definition) is 4. The molecule has 1 saturated carbocycles. The third-order valence-electron chi connectivity index (χ3n) is 4.09. The Hall–Kier alpha value is -0.660. The number of thiazole rings is 1. The third kappa shape index (κ3) is 4.17. The molecule has 1 aromatic rings. The zero-order valence-corrected chi connectivity index (χ0v) is 12.8. The summed E-state index contributed by atoms with van der Waals surface area (Å²) in [4.78, 5) is 7.14. The van der Waals surface area contributed by atoms with E-state index >= 15 is 0 Å². The molecule has 2 aliphatic rings. The van der Waals surface area contributed by atoms with Gasteiger partial charge in [0, 0.05) is 30.2 Å². The largest absolute Gasteiger partial charge is 0.401 e. The summed E-state index contributed by atoms with van der Waals surface area (Å²) >= 11 is 1.69. The SMILES string of the molecule is Cc1cnc(C(NC2CCN(CC(F)(F)F)C2)C2CC2)s1. The number of nitrogens with zero attached hydrogens (tertiary/aromatic N) is 2. The monoisotopic (exact) mass is 319 g/mol. The number of alkyl halides is 3. The highest BCUT2D eigenvalue weighted by atomic mass is 32.1. The van der Waals surface area contributed by atoms with E-state index < -0.39 is 12.7 Å². The molecule has 0 aromatic carbocycles. The van der Waals surface area contributed by atoms with Crippen molar-refractivity contribution in [3.8, 4) is 0 Å². The maximum absolute atomic E-state index is 12.4. The number of halogens is 3. The Morgan fingerprint density at radius 1 is 1.43 bits per heavy atom. The lowest BCUT2D eigenvalue weighted by Gasteiger charge is -2.22. The lowest BCUT2D eigenvalue weighted by Crippen LogP contribution is -2.38. The first kappa shape index (κ1) is 15.2.